The van der Waals surface area contributed by atoms with Gasteiger partial charge in [0, 0.05) is 14.1 Å². The molecule has 3 heteroatoms. The summed E-state index contributed by atoms with van der Waals surface area (Å²) in [5, 5.41) is 14.7. The van der Waals surface area contributed by atoms with E-state index in [-0.39, 0.29) is 11.9 Å². The first kappa shape index (κ1) is 13.0. The summed E-state index contributed by atoms with van der Waals surface area (Å²) in [6.45, 7) is 0. The van der Waals surface area contributed by atoms with Crippen molar-refractivity contribution in [1.29, 1.82) is 0 Å². The molecule has 0 fully saturated rings. The molecular weight excluding hydrogens is 272 g/mol. The molecule has 0 radical (unpaired) electrons. The molecule has 3 aromatic carbocycles. The van der Waals surface area contributed by atoms with Crippen LogP contribution in [0.3, 0.4) is 0 Å². The van der Waals surface area contributed by atoms with E-state index in [9.17, 15) is 5.11 Å². The van der Waals surface area contributed by atoms with Crippen LogP contribution in [-0.4, -0.2) is 14.1 Å². The molecule has 1 aliphatic heterocycles. The molecule has 0 bridgehead atoms. The minimum absolute atomic E-state index is 0.0731. The maximum Gasteiger partial charge on any atom is 0.128 e. The summed E-state index contributed by atoms with van der Waals surface area (Å²) in [7, 11) is 4.10. The van der Waals surface area contributed by atoms with Crippen molar-refractivity contribution in [2.24, 2.45) is 0 Å². The number of hydrogen-bond acceptors (Lipinski definition) is 3. The van der Waals surface area contributed by atoms with Crippen molar-refractivity contribution in [1.82, 2.24) is 0 Å². The van der Waals surface area contributed by atoms with Crippen LogP contribution in [0.5, 0.6) is 5.75 Å². The summed E-state index contributed by atoms with van der Waals surface area (Å²) in [5.74, 6) is 0.0928. The van der Waals surface area contributed by atoms with Gasteiger partial charge in [0.05, 0.1) is 11.4 Å². The van der Waals surface area contributed by atoms with E-state index in [4.69, 9.17) is 0 Å². The quantitative estimate of drug-likeness (QED) is 0.686. The van der Waals surface area contributed by atoms with Gasteiger partial charge in [0.2, 0.25) is 0 Å². The average Bonchev–Trinajstić information content (AvgIpc) is 2.80. The fourth-order valence-electron chi connectivity index (χ4n) is 3.51. The van der Waals surface area contributed by atoms with E-state index >= 15 is 0 Å². The fraction of sp³-hybridized carbons (Fsp3) is 0.158. The molecule has 0 aromatic heterocycles. The zero-order valence-corrected chi connectivity index (χ0v) is 12.7. The van der Waals surface area contributed by atoms with Gasteiger partial charge in [-0.3, -0.25) is 0 Å². The molecule has 3 aromatic rings. The Morgan fingerprint density at radius 3 is 2.05 bits per heavy atom. The summed E-state index contributed by atoms with van der Waals surface area (Å²) in [5.41, 5.74) is 3.16. The second-order valence-electron chi connectivity index (χ2n) is 5.78. The second-order valence-corrected chi connectivity index (χ2v) is 5.78. The molecule has 0 N–H and O–H groups in total. The largest absolute Gasteiger partial charge is 0.872 e. The number of fused-ring (bicyclic) bond motifs is 2. The first-order valence-electron chi connectivity index (χ1n) is 7.42. The van der Waals surface area contributed by atoms with Crippen LogP contribution < -0.4 is 14.9 Å². The lowest BCUT2D eigenvalue weighted by Gasteiger charge is -2.32. The van der Waals surface area contributed by atoms with Crippen molar-refractivity contribution in [3.63, 3.8) is 0 Å². The zero-order valence-electron chi connectivity index (χ0n) is 12.7. The SMILES string of the molecule is CN1c2ccccc2N(C)C1c1c([O-])ccc2ccccc12. The molecule has 0 amide bonds. The molecule has 1 aliphatic rings. The Balaban J connectivity index is 1.96. The standard InChI is InChI=1S/C19H18N2O/c1-20-15-9-5-6-10-16(15)21(2)19(20)18-14-8-4-3-7-13(14)11-12-17(18)22/h3-12,19,22H,1-2H3/p-1. The number of rotatable bonds is 1. The number of para-hydroxylation sites is 2. The average molecular weight is 289 g/mol. The summed E-state index contributed by atoms with van der Waals surface area (Å²) in [6.07, 6.45) is -0.0731. The highest BCUT2D eigenvalue weighted by Crippen LogP contribution is 2.47. The maximum absolute atomic E-state index is 12.6. The molecule has 3 nitrogen and oxygen atoms in total. The van der Waals surface area contributed by atoms with Gasteiger partial charge in [-0.1, -0.05) is 48.5 Å². The van der Waals surface area contributed by atoms with E-state index in [0.29, 0.717) is 0 Å². The number of benzene rings is 3. The van der Waals surface area contributed by atoms with Crippen LogP contribution in [0.1, 0.15) is 11.7 Å². The topological polar surface area (TPSA) is 29.5 Å². The van der Waals surface area contributed by atoms with E-state index < -0.39 is 0 Å². The summed E-state index contributed by atoms with van der Waals surface area (Å²) in [4.78, 5) is 4.36. The molecule has 0 unspecified atom stereocenters. The molecule has 0 aliphatic carbocycles. The lowest BCUT2D eigenvalue weighted by atomic mass is 10.0. The van der Waals surface area contributed by atoms with Gasteiger partial charge >= 0.3 is 0 Å². The van der Waals surface area contributed by atoms with Crippen molar-refractivity contribution in [3.8, 4) is 5.75 Å². The van der Waals surface area contributed by atoms with Crippen molar-refractivity contribution < 1.29 is 5.11 Å². The van der Waals surface area contributed by atoms with Crippen molar-refractivity contribution in [2.45, 2.75) is 6.17 Å². The first-order valence-corrected chi connectivity index (χ1v) is 7.42. The van der Waals surface area contributed by atoms with Gasteiger partial charge in [0.25, 0.3) is 0 Å². The molecule has 4 rings (SSSR count). The van der Waals surface area contributed by atoms with E-state index in [1.165, 1.54) is 0 Å². The van der Waals surface area contributed by atoms with Gasteiger partial charge in [-0.15, -0.1) is 5.75 Å². The van der Waals surface area contributed by atoms with Gasteiger partial charge in [-0.2, -0.15) is 0 Å². The second kappa shape index (κ2) is 4.67. The predicted molar refractivity (Wildman–Crippen MR) is 89.4 cm³/mol. The fourth-order valence-corrected chi connectivity index (χ4v) is 3.51. The Kier molecular flexibility index (Phi) is 2.76. The summed E-state index contributed by atoms with van der Waals surface area (Å²) in [6, 6.07) is 20.0. The molecule has 110 valence electrons. The third-order valence-electron chi connectivity index (χ3n) is 4.56. The molecule has 22 heavy (non-hydrogen) atoms. The lowest BCUT2D eigenvalue weighted by molar-refractivity contribution is -0.269. The summed E-state index contributed by atoms with van der Waals surface area (Å²) >= 11 is 0. The summed E-state index contributed by atoms with van der Waals surface area (Å²) < 4.78 is 0. The molecule has 0 saturated carbocycles. The highest BCUT2D eigenvalue weighted by Gasteiger charge is 2.33. The Morgan fingerprint density at radius 1 is 0.773 bits per heavy atom. The molecule has 1 heterocycles. The third kappa shape index (κ3) is 1.69. The van der Waals surface area contributed by atoms with Crippen LogP contribution in [0.4, 0.5) is 11.4 Å². The van der Waals surface area contributed by atoms with Crippen LogP contribution in [0.25, 0.3) is 10.8 Å². The van der Waals surface area contributed by atoms with Gasteiger partial charge in [-0.25, -0.2) is 0 Å². The zero-order chi connectivity index (χ0) is 15.3. The normalized spacial score (nSPS) is 14.6. The van der Waals surface area contributed by atoms with E-state index in [2.05, 4.69) is 28.0 Å². The number of hydrogen-bond donors (Lipinski definition) is 0. The van der Waals surface area contributed by atoms with Crippen LogP contribution >= 0.6 is 0 Å². The Hall–Kier alpha value is -2.68. The van der Waals surface area contributed by atoms with Crippen LogP contribution in [-0.2, 0) is 0 Å². The van der Waals surface area contributed by atoms with Gasteiger partial charge < -0.3 is 14.9 Å². The van der Waals surface area contributed by atoms with Crippen molar-refractivity contribution in [3.05, 3.63) is 66.2 Å². The van der Waals surface area contributed by atoms with Crippen LogP contribution in [0, 0.1) is 0 Å². The Bertz CT molecular complexity index is 830. The molecular formula is C19H17N2O-. The first-order chi connectivity index (χ1) is 10.7. The van der Waals surface area contributed by atoms with E-state index in [1.54, 1.807) is 6.07 Å². The van der Waals surface area contributed by atoms with Gasteiger partial charge in [0.1, 0.15) is 6.17 Å². The lowest BCUT2D eigenvalue weighted by Crippen LogP contribution is -2.31. The molecule has 0 spiro atoms. The van der Waals surface area contributed by atoms with Crippen molar-refractivity contribution in [2.75, 3.05) is 23.9 Å². The number of nitrogens with zero attached hydrogens (tertiary/aromatic N) is 2. The maximum atomic E-state index is 12.6. The van der Waals surface area contributed by atoms with Crippen LogP contribution in [0.15, 0.2) is 60.7 Å². The highest BCUT2D eigenvalue weighted by atomic mass is 16.3. The minimum atomic E-state index is -0.0731. The molecule has 0 saturated heterocycles. The van der Waals surface area contributed by atoms with Gasteiger partial charge in [0.15, 0.2) is 0 Å². The Labute approximate surface area is 130 Å². The van der Waals surface area contributed by atoms with E-state index in [0.717, 1.165) is 27.7 Å². The highest BCUT2D eigenvalue weighted by molar-refractivity contribution is 5.90. The van der Waals surface area contributed by atoms with Crippen molar-refractivity contribution >= 4 is 22.1 Å². The van der Waals surface area contributed by atoms with Gasteiger partial charge in [-0.05, 0) is 28.5 Å². The predicted octanol–water partition coefficient (Wildman–Crippen LogP) is 3.50. The monoisotopic (exact) mass is 289 g/mol. The van der Waals surface area contributed by atoms with Crippen LogP contribution in [0.2, 0.25) is 0 Å². The van der Waals surface area contributed by atoms with E-state index in [1.807, 2.05) is 50.5 Å². The smallest absolute Gasteiger partial charge is 0.128 e. The third-order valence-corrected chi connectivity index (χ3v) is 4.56. The molecule has 0 atom stereocenters. The number of anilines is 2. The minimum Gasteiger partial charge on any atom is -0.872 e. The Morgan fingerprint density at radius 2 is 1.36 bits per heavy atom.